The van der Waals surface area contributed by atoms with Crippen molar-refractivity contribution in [3.63, 3.8) is 0 Å². The minimum absolute atomic E-state index is 0.0488. The quantitative estimate of drug-likeness (QED) is 0.481. The number of anilines is 1. The normalized spacial score (nSPS) is 10.7. The maximum absolute atomic E-state index is 12.3. The number of thiophene rings is 1. The number of amides is 1. The van der Waals surface area contributed by atoms with Crippen molar-refractivity contribution in [1.82, 2.24) is 4.98 Å². The second kappa shape index (κ2) is 6.91. The first kappa shape index (κ1) is 17.5. The van der Waals surface area contributed by atoms with Crippen LogP contribution in [-0.2, 0) is 0 Å². The lowest BCUT2D eigenvalue weighted by atomic mass is 10.1. The average Bonchev–Trinajstić information content (AvgIpc) is 3.11. The van der Waals surface area contributed by atoms with Crippen molar-refractivity contribution in [3.05, 3.63) is 60.1 Å². The summed E-state index contributed by atoms with van der Waals surface area (Å²) in [5, 5.41) is 14.7. The smallest absolute Gasteiger partial charge is 0.283 e. The molecule has 0 atom stereocenters. The molecule has 3 aromatic rings. The molecule has 0 aliphatic heterocycles. The van der Waals surface area contributed by atoms with E-state index in [-0.39, 0.29) is 10.6 Å². The molecule has 1 amide bonds. The minimum Gasteiger partial charge on any atom is -0.297 e. The fraction of sp³-hybridized carbons (Fsp3) is 0.125. The van der Waals surface area contributed by atoms with Crippen molar-refractivity contribution in [1.29, 1.82) is 0 Å². The van der Waals surface area contributed by atoms with Crippen LogP contribution in [0.1, 0.15) is 19.4 Å². The molecule has 1 N–H and O–H groups in total. The lowest BCUT2D eigenvalue weighted by Crippen LogP contribution is -2.09. The number of carbonyl (C=O) groups excluding carboxylic acids is 1. The van der Waals surface area contributed by atoms with Gasteiger partial charge in [0.2, 0.25) is 0 Å². The van der Waals surface area contributed by atoms with Crippen LogP contribution in [0.25, 0.3) is 11.3 Å². The molecular weight excluding hydrogens is 382 g/mol. The van der Waals surface area contributed by atoms with Gasteiger partial charge >= 0.3 is 0 Å². The number of hydrogen-bond acceptors (Lipinski definition) is 6. The summed E-state index contributed by atoms with van der Waals surface area (Å²) in [6, 6.07) is 8.57. The number of rotatable bonds is 4. The number of thiazole rings is 1. The first-order valence-corrected chi connectivity index (χ1v) is 9.16. The number of hydrogen-bond donors (Lipinski definition) is 1. The van der Waals surface area contributed by atoms with Gasteiger partial charge in [-0.1, -0.05) is 23.7 Å². The highest BCUT2D eigenvalue weighted by molar-refractivity contribution is 7.16. The molecule has 0 radical (unpaired) electrons. The Labute approximate surface area is 156 Å². The van der Waals surface area contributed by atoms with Crippen molar-refractivity contribution in [2.45, 2.75) is 13.8 Å². The van der Waals surface area contributed by atoms with E-state index in [1.165, 1.54) is 17.4 Å². The van der Waals surface area contributed by atoms with Crippen LogP contribution in [0, 0.1) is 24.0 Å². The highest BCUT2D eigenvalue weighted by atomic mass is 35.5. The van der Waals surface area contributed by atoms with Gasteiger partial charge in [0.1, 0.15) is 0 Å². The first-order chi connectivity index (χ1) is 11.8. The van der Waals surface area contributed by atoms with Gasteiger partial charge in [0.15, 0.2) is 5.13 Å². The summed E-state index contributed by atoms with van der Waals surface area (Å²) in [7, 11) is 0. The van der Waals surface area contributed by atoms with E-state index < -0.39 is 10.8 Å². The van der Waals surface area contributed by atoms with Gasteiger partial charge in [-0.05, 0) is 26.0 Å². The molecule has 0 fully saturated rings. The zero-order valence-corrected chi connectivity index (χ0v) is 15.6. The van der Waals surface area contributed by atoms with Crippen molar-refractivity contribution in [3.8, 4) is 11.3 Å². The van der Waals surface area contributed by atoms with Gasteiger partial charge in [0.25, 0.3) is 11.6 Å². The fourth-order valence-electron chi connectivity index (χ4n) is 2.25. The topological polar surface area (TPSA) is 85.1 Å². The number of aromatic nitrogens is 1. The maximum atomic E-state index is 12.3. The van der Waals surface area contributed by atoms with Crippen LogP contribution in [0.3, 0.4) is 0 Å². The van der Waals surface area contributed by atoms with Gasteiger partial charge in [-0.2, -0.15) is 0 Å². The van der Waals surface area contributed by atoms with Gasteiger partial charge in [-0.15, -0.1) is 22.7 Å². The molecule has 0 unspecified atom stereocenters. The van der Waals surface area contributed by atoms with Gasteiger partial charge in [-0.3, -0.25) is 20.2 Å². The Morgan fingerprint density at radius 3 is 2.48 bits per heavy atom. The summed E-state index contributed by atoms with van der Waals surface area (Å²) >= 11 is 8.33. The summed E-state index contributed by atoms with van der Waals surface area (Å²) in [4.78, 5) is 28.9. The van der Waals surface area contributed by atoms with Gasteiger partial charge in [-0.25, -0.2) is 4.98 Å². The summed E-state index contributed by atoms with van der Waals surface area (Å²) in [6.07, 6.45) is 0. The van der Waals surface area contributed by atoms with E-state index in [2.05, 4.69) is 10.3 Å². The number of nitro groups is 1. The third-order valence-electron chi connectivity index (χ3n) is 3.45. The number of carbonyl (C=O) groups is 1. The first-order valence-electron chi connectivity index (χ1n) is 7.14. The molecule has 0 spiro atoms. The van der Waals surface area contributed by atoms with Crippen molar-refractivity contribution in [2.75, 3.05) is 5.32 Å². The number of nitrogens with zero attached hydrogens (tertiary/aromatic N) is 2. The lowest BCUT2D eigenvalue weighted by molar-refractivity contribution is -0.385. The molecule has 2 heterocycles. The van der Waals surface area contributed by atoms with Crippen LogP contribution in [-0.4, -0.2) is 15.8 Å². The Hall–Kier alpha value is -2.29. The second-order valence-electron chi connectivity index (χ2n) is 5.19. The Balaban J connectivity index is 1.83. The van der Waals surface area contributed by atoms with Crippen molar-refractivity contribution < 1.29 is 9.72 Å². The largest absolute Gasteiger partial charge is 0.297 e. The van der Waals surface area contributed by atoms with E-state index in [0.29, 0.717) is 15.0 Å². The molecule has 6 nitrogen and oxygen atoms in total. The summed E-state index contributed by atoms with van der Waals surface area (Å²) < 4.78 is 0. The molecule has 0 bridgehead atoms. The number of aryl methyl sites for hydroxylation is 2. The molecule has 0 aliphatic rings. The SMILES string of the molecule is Cc1sc(C(=O)Nc2nc(-c3ccc(Cl)cc3)c(C)s2)cc1[N+](=O)[O-]. The van der Waals surface area contributed by atoms with E-state index >= 15 is 0 Å². The Morgan fingerprint density at radius 2 is 1.88 bits per heavy atom. The molecule has 2 aromatic heterocycles. The van der Waals surface area contributed by atoms with Crippen molar-refractivity contribution >= 4 is 51.0 Å². The Morgan fingerprint density at radius 1 is 1.20 bits per heavy atom. The molecule has 1 aromatic carbocycles. The molecule has 128 valence electrons. The number of benzene rings is 1. The van der Waals surface area contributed by atoms with Crippen LogP contribution in [0.15, 0.2) is 30.3 Å². The molecule has 0 saturated heterocycles. The van der Waals surface area contributed by atoms with E-state index in [9.17, 15) is 14.9 Å². The third-order valence-corrected chi connectivity index (χ3v) is 5.62. The fourth-order valence-corrected chi connectivity index (χ4v) is 4.09. The molecule has 0 saturated carbocycles. The van der Waals surface area contributed by atoms with Crippen LogP contribution in [0.2, 0.25) is 5.02 Å². The van der Waals surface area contributed by atoms with Gasteiger partial charge in [0, 0.05) is 21.5 Å². The standard InChI is InChI=1S/C16H12ClN3O3S2/c1-8-12(20(22)23)7-13(24-8)15(21)19-16-18-14(9(2)25-16)10-3-5-11(17)6-4-10/h3-7H,1-2H3,(H,18,19,21). The van der Waals surface area contributed by atoms with E-state index in [4.69, 9.17) is 11.6 Å². The molecule has 25 heavy (non-hydrogen) atoms. The minimum atomic E-state index is -0.491. The molecule has 3 rings (SSSR count). The zero-order valence-electron chi connectivity index (χ0n) is 13.2. The summed E-state index contributed by atoms with van der Waals surface area (Å²) in [6.45, 7) is 3.53. The monoisotopic (exact) mass is 393 g/mol. The van der Waals surface area contributed by atoms with Crippen LogP contribution < -0.4 is 5.32 Å². The van der Waals surface area contributed by atoms with Crippen LogP contribution in [0.4, 0.5) is 10.8 Å². The molecule has 9 heteroatoms. The van der Waals surface area contributed by atoms with Crippen molar-refractivity contribution in [2.24, 2.45) is 0 Å². The second-order valence-corrected chi connectivity index (χ2v) is 8.09. The maximum Gasteiger partial charge on any atom is 0.283 e. The average molecular weight is 394 g/mol. The predicted octanol–water partition coefficient (Wildman–Crippen LogP) is 5.30. The van der Waals surface area contributed by atoms with Crippen LogP contribution in [0.5, 0.6) is 0 Å². The van der Waals surface area contributed by atoms with E-state index in [0.717, 1.165) is 27.5 Å². The Bertz CT molecular complexity index is 964. The van der Waals surface area contributed by atoms with Gasteiger partial charge < -0.3 is 0 Å². The zero-order chi connectivity index (χ0) is 18.1. The summed E-state index contributed by atoms with van der Waals surface area (Å²) in [5.74, 6) is -0.405. The highest BCUT2D eigenvalue weighted by Gasteiger charge is 2.20. The lowest BCUT2D eigenvalue weighted by Gasteiger charge is -1.99. The van der Waals surface area contributed by atoms with Gasteiger partial charge in [0.05, 0.1) is 20.4 Å². The molecule has 0 aliphatic carbocycles. The number of halogens is 1. The number of nitrogens with one attached hydrogen (secondary N) is 1. The van der Waals surface area contributed by atoms with E-state index in [1.54, 1.807) is 19.1 Å². The Kier molecular flexibility index (Phi) is 4.85. The third kappa shape index (κ3) is 3.71. The van der Waals surface area contributed by atoms with Crippen LogP contribution >= 0.6 is 34.3 Å². The van der Waals surface area contributed by atoms with E-state index in [1.807, 2.05) is 19.1 Å². The predicted molar refractivity (Wildman–Crippen MR) is 101 cm³/mol. The highest BCUT2D eigenvalue weighted by Crippen LogP contribution is 2.32. The molecular formula is C16H12ClN3O3S2. The summed E-state index contributed by atoms with van der Waals surface area (Å²) in [5.41, 5.74) is 1.62.